The zero-order chi connectivity index (χ0) is 11.5. The molecule has 5 heteroatoms. The van der Waals surface area contributed by atoms with Gasteiger partial charge in [-0.25, -0.2) is 0 Å². The van der Waals surface area contributed by atoms with E-state index in [1.807, 2.05) is 17.5 Å². The van der Waals surface area contributed by atoms with Crippen LogP contribution in [0.25, 0.3) is 0 Å². The topological polar surface area (TPSA) is 38.9 Å². The second-order valence-electron chi connectivity index (χ2n) is 3.41. The third kappa shape index (κ3) is 2.63. The van der Waals surface area contributed by atoms with E-state index in [0.29, 0.717) is 5.02 Å². The lowest BCUT2D eigenvalue weighted by molar-refractivity contribution is 0.733. The average molecular weight is 318 g/mol. The smallest absolute Gasteiger partial charge is 0.0622 e. The molecule has 0 amide bonds. The number of aromatic nitrogens is 1. The Hall–Kier alpha value is -0.420. The van der Waals surface area contributed by atoms with Crippen molar-refractivity contribution in [2.45, 2.75) is 12.5 Å². The van der Waals surface area contributed by atoms with Gasteiger partial charge >= 0.3 is 0 Å². The van der Waals surface area contributed by atoms with Crippen molar-refractivity contribution >= 4 is 38.9 Å². The van der Waals surface area contributed by atoms with Crippen molar-refractivity contribution in [3.63, 3.8) is 0 Å². The van der Waals surface area contributed by atoms with Gasteiger partial charge in [0.15, 0.2) is 0 Å². The van der Waals surface area contributed by atoms with E-state index < -0.39 is 0 Å². The molecule has 0 spiro atoms. The van der Waals surface area contributed by atoms with Crippen LogP contribution in [0.2, 0.25) is 5.02 Å². The maximum Gasteiger partial charge on any atom is 0.0622 e. The highest BCUT2D eigenvalue weighted by molar-refractivity contribution is 9.10. The molecule has 2 aromatic heterocycles. The Morgan fingerprint density at radius 1 is 1.50 bits per heavy atom. The Kier molecular flexibility index (Phi) is 3.97. The molecule has 1 unspecified atom stereocenters. The van der Waals surface area contributed by atoms with Crippen LogP contribution in [0.4, 0.5) is 0 Å². The van der Waals surface area contributed by atoms with E-state index >= 15 is 0 Å². The summed E-state index contributed by atoms with van der Waals surface area (Å²) < 4.78 is 1.06. The van der Waals surface area contributed by atoms with Gasteiger partial charge in [-0.1, -0.05) is 11.6 Å². The van der Waals surface area contributed by atoms with E-state index in [1.54, 1.807) is 23.7 Å². The van der Waals surface area contributed by atoms with Crippen LogP contribution >= 0.6 is 38.9 Å². The van der Waals surface area contributed by atoms with Gasteiger partial charge < -0.3 is 5.73 Å². The summed E-state index contributed by atoms with van der Waals surface area (Å²) in [7, 11) is 0. The van der Waals surface area contributed by atoms with Crippen molar-refractivity contribution in [3.05, 3.63) is 49.8 Å². The summed E-state index contributed by atoms with van der Waals surface area (Å²) in [6, 6.07) is 3.88. The fourth-order valence-electron chi connectivity index (χ4n) is 1.47. The molecule has 0 aliphatic heterocycles. The molecule has 1 atom stereocenters. The SMILES string of the molecule is NC(Cc1ccncc1Cl)c1sccc1Br. The molecule has 0 aromatic carbocycles. The Labute approximate surface area is 112 Å². The summed E-state index contributed by atoms with van der Waals surface area (Å²) in [5, 5.41) is 2.69. The van der Waals surface area contributed by atoms with E-state index in [9.17, 15) is 0 Å². The number of thiophene rings is 1. The predicted molar refractivity (Wildman–Crippen MR) is 71.9 cm³/mol. The van der Waals surface area contributed by atoms with Gasteiger partial charge in [-0.15, -0.1) is 11.3 Å². The molecule has 16 heavy (non-hydrogen) atoms. The minimum Gasteiger partial charge on any atom is -0.323 e. The molecule has 0 fully saturated rings. The zero-order valence-corrected chi connectivity index (χ0v) is 11.5. The van der Waals surface area contributed by atoms with Crippen LogP contribution in [0.5, 0.6) is 0 Å². The van der Waals surface area contributed by atoms with E-state index in [1.165, 1.54) is 0 Å². The molecule has 2 rings (SSSR count). The van der Waals surface area contributed by atoms with Gasteiger partial charge in [-0.2, -0.15) is 0 Å². The molecule has 0 radical (unpaired) electrons. The lowest BCUT2D eigenvalue weighted by Gasteiger charge is -2.11. The molecule has 2 aromatic rings. The fraction of sp³-hybridized carbons (Fsp3) is 0.182. The normalized spacial score (nSPS) is 12.7. The molecular formula is C11H10BrClN2S. The molecule has 2 nitrogen and oxygen atoms in total. The van der Waals surface area contributed by atoms with Crippen molar-refractivity contribution in [3.8, 4) is 0 Å². The average Bonchev–Trinajstić information content (AvgIpc) is 2.68. The lowest BCUT2D eigenvalue weighted by Crippen LogP contribution is -2.12. The van der Waals surface area contributed by atoms with Crippen molar-refractivity contribution in [1.29, 1.82) is 0 Å². The summed E-state index contributed by atoms with van der Waals surface area (Å²) >= 11 is 11.2. The van der Waals surface area contributed by atoms with Gasteiger partial charge in [0.25, 0.3) is 0 Å². The highest BCUT2D eigenvalue weighted by Crippen LogP contribution is 2.30. The number of rotatable bonds is 3. The summed E-state index contributed by atoms with van der Waals surface area (Å²) in [6.45, 7) is 0. The monoisotopic (exact) mass is 316 g/mol. The van der Waals surface area contributed by atoms with Gasteiger partial charge in [0.05, 0.1) is 5.02 Å². The van der Waals surface area contributed by atoms with Crippen LogP contribution < -0.4 is 5.73 Å². The number of halogens is 2. The second kappa shape index (κ2) is 5.27. The first-order valence-corrected chi connectivity index (χ1v) is 6.80. The first-order chi connectivity index (χ1) is 7.68. The first kappa shape index (κ1) is 12.0. The van der Waals surface area contributed by atoms with Gasteiger partial charge in [-0.05, 0) is 45.4 Å². The van der Waals surface area contributed by atoms with Crippen LogP contribution in [-0.4, -0.2) is 4.98 Å². The number of nitrogens with zero attached hydrogens (tertiary/aromatic N) is 1. The van der Waals surface area contributed by atoms with E-state index in [0.717, 1.165) is 21.3 Å². The van der Waals surface area contributed by atoms with Crippen LogP contribution in [0.3, 0.4) is 0 Å². The zero-order valence-electron chi connectivity index (χ0n) is 8.36. The second-order valence-corrected chi connectivity index (χ2v) is 5.62. The Balaban J connectivity index is 2.17. The van der Waals surface area contributed by atoms with Crippen molar-refractivity contribution in [2.75, 3.05) is 0 Å². The van der Waals surface area contributed by atoms with Gasteiger partial charge in [0.2, 0.25) is 0 Å². The molecule has 0 saturated heterocycles. The van der Waals surface area contributed by atoms with Crippen LogP contribution in [0.1, 0.15) is 16.5 Å². The van der Waals surface area contributed by atoms with Gasteiger partial charge in [0.1, 0.15) is 0 Å². The van der Waals surface area contributed by atoms with E-state index in [-0.39, 0.29) is 6.04 Å². The summed E-state index contributed by atoms with van der Waals surface area (Å²) in [5.74, 6) is 0. The molecule has 84 valence electrons. The quantitative estimate of drug-likeness (QED) is 0.935. The Morgan fingerprint density at radius 2 is 2.31 bits per heavy atom. The van der Waals surface area contributed by atoms with Crippen LogP contribution in [-0.2, 0) is 6.42 Å². The number of pyridine rings is 1. The van der Waals surface area contributed by atoms with Crippen molar-refractivity contribution in [2.24, 2.45) is 5.73 Å². The van der Waals surface area contributed by atoms with Crippen LogP contribution in [0, 0.1) is 0 Å². The highest BCUT2D eigenvalue weighted by atomic mass is 79.9. The number of nitrogens with two attached hydrogens (primary N) is 1. The molecule has 0 aliphatic carbocycles. The lowest BCUT2D eigenvalue weighted by atomic mass is 10.1. The standard InChI is InChI=1S/C11H10BrClN2S/c12-8-2-4-16-11(8)10(14)5-7-1-3-15-6-9(7)13/h1-4,6,10H,5,14H2. The number of hydrogen-bond acceptors (Lipinski definition) is 3. The molecule has 0 saturated carbocycles. The van der Waals surface area contributed by atoms with Crippen LogP contribution in [0.15, 0.2) is 34.4 Å². The van der Waals surface area contributed by atoms with Crippen molar-refractivity contribution < 1.29 is 0 Å². The minimum atomic E-state index is -0.0331. The molecule has 2 N–H and O–H groups in total. The maximum absolute atomic E-state index is 6.14. The van der Waals surface area contributed by atoms with E-state index in [2.05, 4.69) is 20.9 Å². The molecule has 0 bridgehead atoms. The Bertz CT molecular complexity index is 486. The first-order valence-electron chi connectivity index (χ1n) is 4.75. The predicted octanol–water partition coefficient (Wildman–Crippen LogP) is 3.80. The maximum atomic E-state index is 6.14. The largest absolute Gasteiger partial charge is 0.323 e. The summed E-state index contributed by atoms with van der Waals surface area (Å²) in [4.78, 5) is 5.10. The third-order valence-electron chi connectivity index (χ3n) is 2.28. The van der Waals surface area contributed by atoms with Gasteiger partial charge in [-0.3, -0.25) is 4.98 Å². The summed E-state index contributed by atoms with van der Waals surface area (Å²) in [5.41, 5.74) is 7.17. The Morgan fingerprint density at radius 3 is 2.94 bits per heavy atom. The fourth-order valence-corrected chi connectivity index (χ4v) is 3.34. The molecule has 2 heterocycles. The van der Waals surface area contributed by atoms with Crippen molar-refractivity contribution in [1.82, 2.24) is 4.98 Å². The number of hydrogen-bond donors (Lipinski definition) is 1. The molecular weight excluding hydrogens is 308 g/mol. The summed E-state index contributed by atoms with van der Waals surface area (Å²) in [6.07, 6.45) is 4.10. The minimum absolute atomic E-state index is 0.0331. The highest BCUT2D eigenvalue weighted by Gasteiger charge is 2.13. The third-order valence-corrected chi connectivity index (χ3v) is 4.62. The van der Waals surface area contributed by atoms with Gasteiger partial charge in [0, 0.05) is 27.8 Å². The van der Waals surface area contributed by atoms with E-state index in [4.69, 9.17) is 17.3 Å². The molecule has 0 aliphatic rings.